The van der Waals surface area contributed by atoms with E-state index in [1.807, 2.05) is 6.07 Å². The number of nitrogens with zero attached hydrogens (tertiary/aromatic N) is 3. The van der Waals surface area contributed by atoms with Gasteiger partial charge in [0.05, 0.1) is 5.71 Å². The Morgan fingerprint density at radius 3 is 2.62 bits per heavy atom. The Kier molecular flexibility index (Phi) is 6.79. The van der Waals surface area contributed by atoms with E-state index in [2.05, 4.69) is 35.4 Å². The van der Waals surface area contributed by atoms with Gasteiger partial charge in [0, 0.05) is 31.7 Å². The molecule has 1 saturated heterocycles. The first-order valence-electron chi connectivity index (χ1n) is 8.59. The lowest BCUT2D eigenvalue weighted by Gasteiger charge is -2.35. The number of oxime groups is 1. The van der Waals surface area contributed by atoms with Crippen molar-refractivity contribution in [3.05, 3.63) is 48.1 Å². The van der Waals surface area contributed by atoms with Gasteiger partial charge in [0.25, 0.3) is 0 Å². The van der Waals surface area contributed by atoms with Crippen molar-refractivity contribution in [1.29, 1.82) is 0 Å². The molecule has 1 aliphatic heterocycles. The molecular weight excluding hydrogens is 305 g/mol. The quantitative estimate of drug-likeness (QED) is 0.433. The maximum Gasteiger partial charge on any atom is 0.218 e. The van der Waals surface area contributed by atoms with Gasteiger partial charge in [0.2, 0.25) is 5.88 Å². The van der Waals surface area contributed by atoms with Crippen LogP contribution in [0.5, 0.6) is 0 Å². The van der Waals surface area contributed by atoms with Crippen LogP contribution in [0.3, 0.4) is 0 Å². The Bertz CT molecular complexity index is 578. The summed E-state index contributed by atoms with van der Waals surface area (Å²) in [5.74, 6) is 1.01. The lowest BCUT2D eigenvalue weighted by molar-refractivity contribution is 0.0736. The number of hydrogen-bond acceptors (Lipinski definition) is 4. The summed E-state index contributed by atoms with van der Waals surface area (Å²) in [4.78, 5) is 10.0. The highest BCUT2D eigenvalue weighted by Crippen LogP contribution is 2.12. The molecule has 1 aromatic rings. The first-order chi connectivity index (χ1) is 11.5. The van der Waals surface area contributed by atoms with E-state index >= 15 is 0 Å². The van der Waals surface area contributed by atoms with Crippen molar-refractivity contribution in [1.82, 2.24) is 9.80 Å². The molecule has 1 aromatic carbocycles. The van der Waals surface area contributed by atoms with Gasteiger partial charge in [-0.2, -0.15) is 0 Å². The Labute approximate surface area is 144 Å². The highest BCUT2D eigenvalue weighted by atomic mass is 19.1. The summed E-state index contributed by atoms with van der Waals surface area (Å²) in [6.07, 6.45) is 1.23. The second-order valence-corrected chi connectivity index (χ2v) is 6.68. The minimum Gasteiger partial charge on any atom is -0.339 e. The number of piperazine rings is 1. The van der Waals surface area contributed by atoms with Crippen molar-refractivity contribution in [3.8, 4) is 0 Å². The van der Waals surface area contributed by atoms with E-state index in [9.17, 15) is 4.39 Å². The molecule has 0 amide bonds. The summed E-state index contributed by atoms with van der Waals surface area (Å²) >= 11 is 0. The first-order valence-corrected chi connectivity index (χ1v) is 8.59. The van der Waals surface area contributed by atoms with Gasteiger partial charge in [0.15, 0.2) is 0 Å². The van der Waals surface area contributed by atoms with Crippen LogP contribution in [0.1, 0.15) is 32.8 Å². The van der Waals surface area contributed by atoms with Gasteiger partial charge in [-0.15, -0.1) is 0 Å². The smallest absolute Gasteiger partial charge is 0.218 e. The zero-order valence-corrected chi connectivity index (χ0v) is 15.0. The molecule has 5 heteroatoms. The van der Waals surface area contributed by atoms with Gasteiger partial charge in [-0.25, -0.2) is 4.39 Å². The number of hydrogen-bond donors (Lipinski definition) is 0. The van der Waals surface area contributed by atoms with Crippen molar-refractivity contribution in [2.24, 2.45) is 11.1 Å². The minimum absolute atomic E-state index is 0.279. The average molecular weight is 333 g/mol. The van der Waals surface area contributed by atoms with Crippen LogP contribution in [0.4, 0.5) is 4.39 Å². The Hall–Kier alpha value is -1.88. The molecule has 1 aliphatic rings. The molecule has 1 heterocycles. The lowest BCUT2D eigenvalue weighted by atomic mass is 10.1. The second kappa shape index (κ2) is 8.83. The van der Waals surface area contributed by atoms with Crippen LogP contribution in [0.2, 0.25) is 0 Å². The molecule has 1 fully saturated rings. The maximum absolute atomic E-state index is 13.2. The molecule has 0 aromatic heterocycles. The van der Waals surface area contributed by atoms with Gasteiger partial charge in [-0.3, -0.25) is 4.90 Å². The molecule has 0 N–H and O–H groups in total. The number of benzene rings is 1. The largest absolute Gasteiger partial charge is 0.339 e. The molecule has 0 bridgehead atoms. The van der Waals surface area contributed by atoms with Crippen molar-refractivity contribution in [2.75, 3.05) is 32.7 Å². The topological polar surface area (TPSA) is 28.1 Å². The molecule has 4 nitrogen and oxygen atoms in total. The van der Waals surface area contributed by atoms with E-state index in [1.54, 1.807) is 13.0 Å². The average Bonchev–Trinajstić information content (AvgIpc) is 2.58. The Balaban J connectivity index is 1.80. The Morgan fingerprint density at radius 1 is 1.29 bits per heavy atom. The van der Waals surface area contributed by atoms with Crippen LogP contribution in [0.15, 0.2) is 41.9 Å². The van der Waals surface area contributed by atoms with E-state index in [1.165, 1.54) is 18.6 Å². The molecule has 0 spiro atoms. The van der Waals surface area contributed by atoms with Crippen LogP contribution in [0.25, 0.3) is 0 Å². The van der Waals surface area contributed by atoms with E-state index < -0.39 is 0 Å². The third kappa shape index (κ3) is 5.64. The van der Waals surface area contributed by atoms with Crippen LogP contribution < -0.4 is 0 Å². The minimum atomic E-state index is -0.279. The fraction of sp³-hybridized carbons (Fsp3) is 0.526. The highest BCUT2D eigenvalue weighted by Gasteiger charge is 2.18. The van der Waals surface area contributed by atoms with E-state index in [-0.39, 0.29) is 5.82 Å². The molecule has 0 aliphatic carbocycles. The Morgan fingerprint density at radius 2 is 2.00 bits per heavy atom. The van der Waals surface area contributed by atoms with Gasteiger partial charge >= 0.3 is 0 Å². The van der Waals surface area contributed by atoms with Crippen molar-refractivity contribution < 1.29 is 9.23 Å². The summed E-state index contributed by atoms with van der Waals surface area (Å²) in [6, 6.07) is 6.32. The fourth-order valence-electron chi connectivity index (χ4n) is 2.61. The molecule has 0 radical (unpaired) electrons. The summed E-state index contributed by atoms with van der Waals surface area (Å²) in [5, 5.41) is 4.08. The van der Waals surface area contributed by atoms with Gasteiger partial charge in [-0.05, 0) is 44.5 Å². The molecule has 0 saturated carbocycles. The molecule has 132 valence electrons. The van der Waals surface area contributed by atoms with Crippen LogP contribution in [0, 0.1) is 11.7 Å². The first kappa shape index (κ1) is 18.5. The fourth-order valence-corrected chi connectivity index (χ4v) is 2.61. The zero-order valence-electron chi connectivity index (χ0n) is 15.0. The van der Waals surface area contributed by atoms with Crippen LogP contribution >= 0.6 is 0 Å². The van der Waals surface area contributed by atoms with E-state index in [0.29, 0.717) is 17.2 Å². The predicted molar refractivity (Wildman–Crippen MR) is 96.3 cm³/mol. The zero-order chi connectivity index (χ0) is 17.5. The van der Waals surface area contributed by atoms with Crippen LogP contribution in [-0.2, 0) is 4.84 Å². The molecule has 0 atom stereocenters. The van der Waals surface area contributed by atoms with E-state index in [0.717, 1.165) is 38.6 Å². The molecule has 0 unspecified atom stereocenters. The second-order valence-electron chi connectivity index (χ2n) is 6.68. The standard InChI is InChI=1S/C19H28FN3O/c1-15(2)8-9-22-10-12-23(13-11-22)17(4)24-21-16(3)18-6-5-7-19(20)14-18/h5-7,14-15H,4,8-13H2,1-3H3. The monoisotopic (exact) mass is 333 g/mol. The van der Waals surface area contributed by atoms with E-state index in [4.69, 9.17) is 4.84 Å². The summed E-state index contributed by atoms with van der Waals surface area (Å²) in [6.45, 7) is 15.2. The number of rotatable bonds is 7. The van der Waals surface area contributed by atoms with Gasteiger partial charge in [0.1, 0.15) is 5.82 Å². The number of halogens is 1. The summed E-state index contributed by atoms with van der Waals surface area (Å²) in [5.41, 5.74) is 1.34. The predicted octanol–water partition coefficient (Wildman–Crippen LogP) is 3.70. The van der Waals surface area contributed by atoms with Crippen LogP contribution in [-0.4, -0.2) is 48.2 Å². The SMILES string of the molecule is C=C(ON=C(C)c1cccc(F)c1)N1CCN(CCC(C)C)CC1. The lowest BCUT2D eigenvalue weighted by Crippen LogP contribution is -2.46. The van der Waals surface area contributed by atoms with Gasteiger partial charge in [-0.1, -0.05) is 31.1 Å². The van der Waals surface area contributed by atoms with Crippen molar-refractivity contribution in [3.63, 3.8) is 0 Å². The summed E-state index contributed by atoms with van der Waals surface area (Å²) < 4.78 is 13.2. The normalized spacial score (nSPS) is 16.5. The third-order valence-corrected chi connectivity index (χ3v) is 4.28. The maximum atomic E-state index is 13.2. The molecular formula is C19H28FN3O. The van der Waals surface area contributed by atoms with Crippen molar-refractivity contribution >= 4 is 5.71 Å². The van der Waals surface area contributed by atoms with Gasteiger partial charge < -0.3 is 9.74 Å². The molecule has 24 heavy (non-hydrogen) atoms. The highest BCUT2D eigenvalue weighted by molar-refractivity contribution is 5.98. The third-order valence-electron chi connectivity index (χ3n) is 4.28. The summed E-state index contributed by atoms with van der Waals surface area (Å²) in [7, 11) is 0. The van der Waals surface area contributed by atoms with Crippen molar-refractivity contribution in [2.45, 2.75) is 27.2 Å². The molecule has 2 rings (SSSR count).